The average Bonchev–Trinajstić information content (AvgIpc) is 2.41. The lowest BCUT2D eigenvalue weighted by molar-refractivity contribution is -0.128. The summed E-state index contributed by atoms with van der Waals surface area (Å²) < 4.78 is 0. The second-order valence-corrected chi connectivity index (χ2v) is 4.39. The summed E-state index contributed by atoms with van der Waals surface area (Å²) in [6.45, 7) is 3.75. The number of H-pyrrole nitrogens is 1. The summed E-state index contributed by atoms with van der Waals surface area (Å²) in [4.78, 5) is 38.7. The Hall–Kier alpha value is -2.54. The predicted octanol–water partition coefficient (Wildman–Crippen LogP) is 0.188. The molecule has 1 fully saturated rings. The molecular formula is C13H11N3O3S. The highest BCUT2D eigenvalue weighted by Gasteiger charge is 2.32. The molecule has 20 heavy (non-hydrogen) atoms. The molecule has 0 spiro atoms. The summed E-state index contributed by atoms with van der Waals surface area (Å²) in [6.07, 6.45) is 4.32. The predicted molar refractivity (Wildman–Crippen MR) is 77.7 cm³/mol. The van der Waals surface area contributed by atoms with Gasteiger partial charge in [0.1, 0.15) is 5.57 Å². The third kappa shape index (κ3) is 2.72. The molecule has 2 heterocycles. The zero-order valence-electron chi connectivity index (χ0n) is 10.4. The maximum absolute atomic E-state index is 12.2. The van der Waals surface area contributed by atoms with E-state index >= 15 is 0 Å². The number of carbonyl (C=O) groups is 2. The van der Waals surface area contributed by atoms with Gasteiger partial charge in [0.15, 0.2) is 5.11 Å². The van der Waals surface area contributed by atoms with Crippen molar-refractivity contribution >= 4 is 35.2 Å². The van der Waals surface area contributed by atoms with Crippen molar-refractivity contribution in [3.8, 4) is 0 Å². The number of hydrogen-bond acceptors (Lipinski definition) is 4. The quantitative estimate of drug-likeness (QED) is 0.360. The van der Waals surface area contributed by atoms with Crippen LogP contribution in [-0.4, -0.2) is 33.4 Å². The maximum Gasteiger partial charge on any atom is 0.265 e. The highest BCUT2D eigenvalue weighted by atomic mass is 32.1. The van der Waals surface area contributed by atoms with Crippen molar-refractivity contribution < 1.29 is 9.59 Å². The number of hydrogen-bond donors (Lipinski definition) is 2. The molecule has 7 heteroatoms. The van der Waals surface area contributed by atoms with Crippen LogP contribution < -0.4 is 10.9 Å². The first-order valence-electron chi connectivity index (χ1n) is 5.71. The van der Waals surface area contributed by atoms with E-state index in [1.807, 2.05) is 0 Å². The van der Waals surface area contributed by atoms with Gasteiger partial charge in [-0.25, -0.2) is 0 Å². The number of carbonyl (C=O) groups excluding carboxylic acids is 2. The summed E-state index contributed by atoms with van der Waals surface area (Å²) in [5.74, 6) is -1.06. The van der Waals surface area contributed by atoms with E-state index in [0.29, 0.717) is 5.56 Å². The largest absolute Gasteiger partial charge is 0.329 e. The number of rotatable bonds is 3. The van der Waals surface area contributed by atoms with Crippen molar-refractivity contribution in [1.29, 1.82) is 0 Å². The topological polar surface area (TPSA) is 82.3 Å². The Balaban J connectivity index is 2.38. The second-order valence-electron chi connectivity index (χ2n) is 4.01. The van der Waals surface area contributed by atoms with Crippen LogP contribution in [0, 0.1) is 0 Å². The molecule has 0 unspecified atom stereocenters. The van der Waals surface area contributed by atoms with Gasteiger partial charge in [-0.2, -0.15) is 0 Å². The van der Waals surface area contributed by atoms with Crippen LogP contribution in [0.25, 0.3) is 6.08 Å². The van der Waals surface area contributed by atoms with Crippen LogP contribution >= 0.6 is 12.2 Å². The molecule has 0 bridgehead atoms. The summed E-state index contributed by atoms with van der Waals surface area (Å²) >= 11 is 4.93. The van der Waals surface area contributed by atoms with Gasteiger partial charge in [-0.3, -0.25) is 24.6 Å². The van der Waals surface area contributed by atoms with Crippen molar-refractivity contribution in [2.75, 3.05) is 6.54 Å². The molecule has 1 saturated heterocycles. The van der Waals surface area contributed by atoms with E-state index in [1.54, 1.807) is 0 Å². The highest BCUT2D eigenvalue weighted by Crippen LogP contribution is 2.13. The zero-order chi connectivity index (χ0) is 14.7. The molecule has 0 atom stereocenters. The van der Waals surface area contributed by atoms with Crippen LogP contribution in [0.1, 0.15) is 5.56 Å². The van der Waals surface area contributed by atoms with Gasteiger partial charge < -0.3 is 4.98 Å². The minimum atomic E-state index is -0.563. The van der Waals surface area contributed by atoms with Gasteiger partial charge in [0.05, 0.1) is 0 Å². The monoisotopic (exact) mass is 289 g/mol. The van der Waals surface area contributed by atoms with Gasteiger partial charge in [0.2, 0.25) is 5.56 Å². The van der Waals surface area contributed by atoms with E-state index < -0.39 is 11.8 Å². The lowest BCUT2D eigenvalue weighted by Crippen LogP contribution is -2.53. The van der Waals surface area contributed by atoms with E-state index in [-0.39, 0.29) is 22.8 Å². The fourth-order valence-corrected chi connectivity index (χ4v) is 1.92. The molecule has 2 N–H and O–H groups in total. The second kappa shape index (κ2) is 5.62. The molecule has 1 aromatic rings. The number of thiocarbonyl (C=S) groups is 1. The molecule has 0 saturated carbocycles. The Kier molecular flexibility index (Phi) is 3.90. The first kappa shape index (κ1) is 13.9. The lowest BCUT2D eigenvalue weighted by atomic mass is 10.1. The molecule has 1 aliphatic heterocycles. The van der Waals surface area contributed by atoms with Gasteiger partial charge >= 0.3 is 0 Å². The molecule has 1 aromatic heterocycles. The molecule has 0 aliphatic carbocycles. The van der Waals surface area contributed by atoms with Gasteiger partial charge in [-0.05, 0) is 29.9 Å². The lowest BCUT2D eigenvalue weighted by Gasteiger charge is -2.27. The van der Waals surface area contributed by atoms with Crippen molar-refractivity contribution in [2.45, 2.75) is 0 Å². The maximum atomic E-state index is 12.2. The number of nitrogens with zero attached hydrogens (tertiary/aromatic N) is 1. The summed E-state index contributed by atoms with van der Waals surface area (Å²) in [7, 11) is 0. The van der Waals surface area contributed by atoms with E-state index in [2.05, 4.69) is 16.9 Å². The van der Waals surface area contributed by atoms with Gasteiger partial charge in [0, 0.05) is 18.8 Å². The van der Waals surface area contributed by atoms with Crippen LogP contribution in [0.4, 0.5) is 0 Å². The highest BCUT2D eigenvalue weighted by molar-refractivity contribution is 7.80. The molecule has 2 amide bonds. The molecule has 2 rings (SSSR count). The Morgan fingerprint density at radius 3 is 2.65 bits per heavy atom. The van der Waals surface area contributed by atoms with Crippen molar-refractivity contribution in [2.24, 2.45) is 0 Å². The van der Waals surface area contributed by atoms with Crippen LogP contribution in [0.15, 0.2) is 41.4 Å². The number of pyridine rings is 1. The fraction of sp³-hybridized carbons (Fsp3) is 0.0769. The van der Waals surface area contributed by atoms with E-state index in [0.717, 1.165) is 0 Å². The first-order chi connectivity index (χ1) is 9.52. The smallest absolute Gasteiger partial charge is 0.265 e. The van der Waals surface area contributed by atoms with Gasteiger partial charge in [-0.1, -0.05) is 6.08 Å². The Bertz CT molecular complexity index is 670. The number of aromatic nitrogens is 1. The first-order valence-corrected chi connectivity index (χ1v) is 6.12. The van der Waals surface area contributed by atoms with Gasteiger partial charge in [-0.15, -0.1) is 6.58 Å². The van der Waals surface area contributed by atoms with Gasteiger partial charge in [0.25, 0.3) is 11.8 Å². The fourth-order valence-electron chi connectivity index (χ4n) is 1.67. The van der Waals surface area contributed by atoms with Crippen LogP contribution in [0.2, 0.25) is 0 Å². The van der Waals surface area contributed by atoms with Crippen molar-refractivity contribution in [3.63, 3.8) is 0 Å². The minimum Gasteiger partial charge on any atom is -0.329 e. The normalized spacial score (nSPS) is 17.3. The third-order valence-electron chi connectivity index (χ3n) is 2.62. The van der Waals surface area contributed by atoms with Crippen molar-refractivity contribution in [1.82, 2.24) is 15.2 Å². The minimum absolute atomic E-state index is 0.0486. The van der Waals surface area contributed by atoms with Crippen LogP contribution in [-0.2, 0) is 9.59 Å². The Morgan fingerprint density at radius 2 is 2.05 bits per heavy atom. The van der Waals surface area contributed by atoms with E-state index in [9.17, 15) is 14.4 Å². The third-order valence-corrected chi connectivity index (χ3v) is 2.94. The van der Waals surface area contributed by atoms with Crippen LogP contribution in [0.3, 0.4) is 0 Å². The Morgan fingerprint density at radius 1 is 1.30 bits per heavy atom. The number of amides is 2. The average molecular weight is 289 g/mol. The standard InChI is InChI=1S/C13H11N3O3S/c1-2-5-16-12(19)9(11(18)15-13(16)20)6-8-3-4-10(17)14-7-8/h2-4,6-7H,1,5H2,(H,14,17)(H,15,18,20)/b9-6+. The van der Waals surface area contributed by atoms with E-state index in [1.165, 1.54) is 35.4 Å². The molecule has 1 aliphatic rings. The van der Waals surface area contributed by atoms with Crippen LogP contribution in [0.5, 0.6) is 0 Å². The summed E-state index contributed by atoms with van der Waals surface area (Å²) in [5.41, 5.74) is 0.225. The molecule has 6 nitrogen and oxygen atoms in total. The molecule has 102 valence electrons. The molecular weight excluding hydrogens is 278 g/mol. The Labute approximate surface area is 119 Å². The summed E-state index contributed by atoms with van der Waals surface area (Å²) in [6, 6.07) is 2.82. The van der Waals surface area contributed by atoms with E-state index in [4.69, 9.17) is 12.2 Å². The molecule has 0 radical (unpaired) electrons. The number of aromatic amines is 1. The number of nitrogens with one attached hydrogen (secondary N) is 2. The molecule has 0 aromatic carbocycles. The SMILES string of the molecule is C=CCN1C(=O)/C(=C/c2ccc(=O)[nH]c2)C(=O)NC1=S. The van der Waals surface area contributed by atoms with Crippen molar-refractivity contribution in [3.05, 3.63) is 52.5 Å². The summed E-state index contributed by atoms with van der Waals surface area (Å²) in [5, 5.41) is 2.49. The zero-order valence-corrected chi connectivity index (χ0v) is 11.2.